The average molecular weight is 629 g/mol. The molecule has 0 fully saturated rings. The Morgan fingerprint density at radius 2 is 1.55 bits per heavy atom. The van der Waals surface area contributed by atoms with E-state index in [0.29, 0.717) is 12.1 Å². The number of halogens is 1. The van der Waals surface area contributed by atoms with E-state index in [1.165, 1.54) is 4.90 Å². The molecule has 3 aromatic carbocycles. The maximum atomic E-state index is 14.1. The molecule has 0 aromatic heterocycles. The first-order valence-corrected chi connectivity index (χ1v) is 15.7. The summed E-state index contributed by atoms with van der Waals surface area (Å²) in [6.07, 6.45) is 1.13. The van der Waals surface area contributed by atoms with Gasteiger partial charge in [-0.3, -0.25) is 13.9 Å². The Labute approximate surface area is 246 Å². The van der Waals surface area contributed by atoms with Crippen LogP contribution in [0.25, 0.3) is 0 Å². The lowest BCUT2D eigenvalue weighted by Crippen LogP contribution is -2.53. The van der Waals surface area contributed by atoms with Crippen LogP contribution < -0.4 is 9.62 Å². The lowest BCUT2D eigenvalue weighted by atomic mass is 10.1. The number of aryl methyl sites for hydroxylation is 2. The van der Waals surface area contributed by atoms with Gasteiger partial charge in [0.05, 0.1) is 10.6 Å². The van der Waals surface area contributed by atoms with Crippen LogP contribution in [0.15, 0.2) is 82.2 Å². The Morgan fingerprint density at radius 3 is 2.12 bits per heavy atom. The molecule has 0 saturated heterocycles. The number of benzene rings is 3. The zero-order valence-electron chi connectivity index (χ0n) is 23.7. The van der Waals surface area contributed by atoms with Gasteiger partial charge in [-0.1, -0.05) is 77.3 Å². The summed E-state index contributed by atoms with van der Waals surface area (Å²) in [5, 5.41) is 3.00. The molecule has 2 atom stereocenters. The van der Waals surface area contributed by atoms with Gasteiger partial charge in [-0.05, 0) is 75.6 Å². The molecular weight excluding hydrogens is 590 g/mol. The molecule has 0 radical (unpaired) electrons. The number of sulfonamides is 1. The van der Waals surface area contributed by atoms with E-state index in [9.17, 15) is 18.0 Å². The van der Waals surface area contributed by atoms with E-state index in [1.54, 1.807) is 48.5 Å². The first kappa shape index (κ1) is 31.4. The normalized spacial score (nSPS) is 12.8. The van der Waals surface area contributed by atoms with E-state index < -0.39 is 28.5 Å². The van der Waals surface area contributed by atoms with Gasteiger partial charge in [-0.2, -0.15) is 0 Å². The monoisotopic (exact) mass is 627 g/mol. The molecule has 0 spiro atoms. The molecule has 3 rings (SSSR count). The van der Waals surface area contributed by atoms with Crippen molar-refractivity contribution in [3.05, 3.63) is 94.0 Å². The fraction of sp³-hybridized carbons (Fsp3) is 0.355. The van der Waals surface area contributed by atoms with Crippen molar-refractivity contribution in [3.8, 4) is 0 Å². The van der Waals surface area contributed by atoms with Crippen molar-refractivity contribution in [1.82, 2.24) is 10.2 Å². The summed E-state index contributed by atoms with van der Waals surface area (Å²) in [5.74, 6) is -0.722. The summed E-state index contributed by atoms with van der Waals surface area (Å²) in [7, 11) is -4.10. The van der Waals surface area contributed by atoms with Crippen LogP contribution in [0.1, 0.15) is 50.3 Å². The molecular formula is C31H38BrN3O4S. The third kappa shape index (κ3) is 7.95. The summed E-state index contributed by atoms with van der Waals surface area (Å²) < 4.78 is 29.7. The molecule has 2 unspecified atom stereocenters. The number of amides is 2. The van der Waals surface area contributed by atoms with Crippen molar-refractivity contribution in [3.63, 3.8) is 0 Å². The van der Waals surface area contributed by atoms with Gasteiger partial charge in [0.2, 0.25) is 11.8 Å². The second-order valence-corrected chi connectivity index (χ2v) is 12.8. The number of carbonyl (C=O) groups excluding carboxylic acids is 2. The smallest absolute Gasteiger partial charge is 0.264 e. The molecule has 0 saturated carbocycles. The van der Waals surface area contributed by atoms with Gasteiger partial charge in [0.1, 0.15) is 12.6 Å². The highest BCUT2D eigenvalue weighted by Crippen LogP contribution is 2.26. The van der Waals surface area contributed by atoms with Gasteiger partial charge < -0.3 is 10.2 Å². The van der Waals surface area contributed by atoms with Gasteiger partial charge in [0.25, 0.3) is 10.0 Å². The fourth-order valence-corrected chi connectivity index (χ4v) is 6.02. The van der Waals surface area contributed by atoms with E-state index in [1.807, 2.05) is 58.9 Å². The maximum Gasteiger partial charge on any atom is 0.264 e. The molecule has 3 aromatic rings. The second-order valence-electron chi connectivity index (χ2n) is 10.1. The summed E-state index contributed by atoms with van der Waals surface area (Å²) >= 11 is 3.40. The number of hydrogen-bond acceptors (Lipinski definition) is 4. The minimum Gasteiger partial charge on any atom is -0.352 e. The standard InChI is InChI=1S/C31H38BrN3O4S/c1-6-24(5)33-31(37)29(7-2)34(20-25-10-8-9-23(4)19-25)30(36)21-35(27-15-13-26(32)14-16-27)40(38,39)28-17-11-22(3)12-18-28/h8-19,24,29H,6-7,20-21H2,1-5H3,(H,33,37). The minimum atomic E-state index is -4.10. The second kappa shape index (κ2) is 13.9. The lowest BCUT2D eigenvalue weighted by molar-refractivity contribution is -0.140. The predicted octanol–water partition coefficient (Wildman–Crippen LogP) is 5.98. The molecule has 0 bridgehead atoms. The Kier molecular flexibility index (Phi) is 10.9. The first-order valence-electron chi connectivity index (χ1n) is 13.5. The maximum absolute atomic E-state index is 14.1. The van der Waals surface area contributed by atoms with Crippen LogP contribution in [0.3, 0.4) is 0 Å². The van der Waals surface area contributed by atoms with Crippen molar-refractivity contribution in [1.29, 1.82) is 0 Å². The first-order chi connectivity index (χ1) is 19.0. The van der Waals surface area contributed by atoms with Crippen molar-refractivity contribution in [2.24, 2.45) is 0 Å². The number of nitrogens with zero attached hydrogens (tertiary/aromatic N) is 2. The minimum absolute atomic E-state index is 0.0568. The molecule has 2 amide bonds. The van der Waals surface area contributed by atoms with Gasteiger partial charge in [0.15, 0.2) is 0 Å². The summed E-state index contributed by atoms with van der Waals surface area (Å²) in [6.45, 7) is 9.31. The number of nitrogens with one attached hydrogen (secondary N) is 1. The zero-order valence-corrected chi connectivity index (χ0v) is 26.1. The van der Waals surface area contributed by atoms with Crippen LogP contribution in [0.4, 0.5) is 5.69 Å². The van der Waals surface area contributed by atoms with E-state index in [2.05, 4.69) is 21.2 Å². The SMILES string of the molecule is CCC(C)NC(=O)C(CC)N(Cc1cccc(C)c1)C(=O)CN(c1ccc(Br)cc1)S(=O)(=O)c1ccc(C)cc1. The highest BCUT2D eigenvalue weighted by atomic mass is 79.9. The van der Waals surface area contributed by atoms with Crippen LogP contribution in [0.2, 0.25) is 0 Å². The van der Waals surface area contributed by atoms with Gasteiger partial charge in [0, 0.05) is 17.1 Å². The van der Waals surface area contributed by atoms with Crippen molar-refractivity contribution in [2.45, 2.75) is 71.0 Å². The van der Waals surface area contributed by atoms with Gasteiger partial charge in [-0.15, -0.1) is 0 Å². The molecule has 0 aliphatic rings. The van der Waals surface area contributed by atoms with E-state index in [-0.39, 0.29) is 23.4 Å². The number of rotatable bonds is 12. The molecule has 1 N–H and O–H groups in total. The number of hydrogen-bond donors (Lipinski definition) is 1. The Bertz CT molecular complexity index is 1410. The van der Waals surface area contributed by atoms with Crippen molar-refractivity contribution >= 4 is 43.5 Å². The van der Waals surface area contributed by atoms with E-state index in [0.717, 1.165) is 31.9 Å². The third-order valence-corrected chi connectivity index (χ3v) is 9.14. The molecule has 0 heterocycles. The highest BCUT2D eigenvalue weighted by Gasteiger charge is 2.34. The van der Waals surface area contributed by atoms with Gasteiger partial charge >= 0.3 is 0 Å². The summed E-state index contributed by atoms with van der Waals surface area (Å²) in [6, 6.07) is 20.2. The zero-order chi connectivity index (χ0) is 29.4. The number of carbonyl (C=O) groups is 2. The number of anilines is 1. The van der Waals surface area contributed by atoms with Crippen LogP contribution in [0, 0.1) is 13.8 Å². The van der Waals surface area contributed by atoms with Crippen LogP contribution in [-0.2, 0) is 26.2 Å². The predicted molar refractivity (Wildman–Crippen MR) is 164 cm³/mol. The molecule has 9 heteroatoms. The van der Waals surface area contributed by atoms with Crippen LogP contribution >= 0.6 is 15.9 Å². The summed E-state index contributed by atoms with van der Waals surface area (Å²) in [4.78, 5) is 29.0. The fourth-order valence-electron chi connectivity index (χ4n) is 4.34. The Balaban J connectivity index is 2.05. The molecule has 7 nitrogen and oxygen atoms in total. The van der Waals surface area contributed by atoms with Crippen LogP contribution in [0.5, 0.6) is 0 Å². The molecule has 0 aliphatic carbocycles. The third-order valence-electron chi connectivity index (χ3n) is 6.82. The van der Waals surface area contributed by atoms with E-state index >= 15 is 0 Å². The largest absolute Gasteiger partial charge is 0.352 e. The van der Waals surface area contributed by atoms with Crippen molar-refractivity contribution < 1.29 is 18.0 Å². The average Bonchev–Trinajstić information content (AvgIpc) is 2.92. The van der Waals surface area contributed by atoms with Crippen LogP contribution in [-0.4, -0.2) is 43.8 Å². The molecule has 0 aliphatic heterocycles. The van der Waals surface area contributed by atoms with Crippen molar-refractivity contribution in [2.75, 3.05) is 10.8 Å². The lowest BCUT2D eigenvalue weighted by Gasteiger charge is -2.33. The van der Waals surface area contributed by atoms with Gasteiger partial charge in [-0.25, -0.2) is 8.42 Å². The quantitative estimate of drug-likeness (QED) is 0.267. The Hall–Kier alpha value is -3.17. The highest BCUT2D eigenvalue weighted by molar-refractivity contribution is 9.10. The molecule has 40 heavy (non-hydrogen) atoms. The molecule has 214 valence electrons. The summed E-state index contributed by atoms with van der Waals surface area (Å²) in [5.41, 5.74) is 3.16. The Morgan fingerprint density at radius 1 is 0.900 bits per heavy atom. The topological polar surface area (TPSA) is 86.8 Å². The van der Waals surface area contributed by atoms with E-state index in [4.69, 9.17) is 0 Å².